The molecule has 1 nitrogen and oxygen atoms in total. The van der Waals surface area contributed by atoms with Crippen molar-refractivity contribution in [3.63, 3.8) is 0 Å². The first-order valence-electron chi connectivity index (χ1n) is 5.78. The molecule has 0 bridgehead atoms. The van der Waals surface area contributed by atoms with Crippen LogP contribution in [0.3, 0.4) is 0 Å². The lowest BCUT2D eigenvalue weighted by molar-refractivity contribution is -0.138. The molecule has 1 rings (SSSR count). The quantitative estimate of drug-likeness (QED) is 0.773. The summed E-state index contributed by atoms with van der Waals surface area (Å²) in [4.78, 5) is 0. The van der Waals surface area contributed by atoms with Crippen LogP contribution in [-0.4, -0.2) is 17.2 Å². The van der Waals surface area contributed by atoms with Gasteiger partial charge in [0.25, 0.3) is 0 Å². The first-order chi connectivity index (χ1) is 8.37. The topological polar surface area (TPSA) is 20.2 Å². The molecule has 0 aliphatic carbocycles. The Morgan fingerprint density at radius 2 is 1.61 bits per heavy atom. The highest BCUT2D eigenvalue weighted by atomic mass is 35.5. The number of hydrogen-bond donors (Lipinski definition) is 1. The van der Waals surface area contributed by atoms with Crippen molar-refractivity contribution in [1.29, 1.82) is 0 Å². The van der Waals surface area contributed by atoms with Gasteiger partial charge in [-0.25, -0.2) is 0 Å². The fraction of sp³-hybridized carbons (Fsp3) is 0.538. The molecule has 1 aromatic carbocycles. The van der Waals surface area contributed by atoms with Gasteiger partial charge < -0.3 is 5.11 Å². The number of benzene rings is 1. The predicted molar refractivity (Wildman–Crippen MR) is 65.6 cm³/mol. The average Bonchev–Trinajstić information content (AvgIpc) is 2.29. The monoisotopic (exact) mass is 280 g/mol. The molecule has 1 aromatic rings. The van der Waals surface area contributed by atoms with E-state index in [0.29, 0.717) is 5.56 Å². The molecule has 0 aliphatic heterocycles. The van der Waals surface area contributed by atoms with E-state index in [0.717, 1.165) is 0 Å². The van der Waals surface area contributed by atoms with Crippen molar-refractivity contribution < 1.29 is 18.3 Å². The van der Waals surface area contributed by atoms with Crippen molar-refractivity contribution in [2.75, 3.05) is 5.88 Å². The highest BCUT2D eigenvalue weighted by Crippen LogP contribution is 2.33. The second-order valence-electron chi connectivity index (χ2n) is 4.31. The Hall–Kier alpha value is -0.740. The summed E-state index contributed by atoms with van der Waals surface area (Å²) in [6.07, 6.45) is -4.87. The molecule has 1 unspecified atom stereocenters. The minimum Gasteiger partial charge on any atom is -0.385 e. The van der Waals surface area contributed by atoms with Crippen LogP contribution in [0.15, 0.2) is 30.3 Å². The van der Waals surface area contributed by atoms with E-state index < -0.39 is 18.2 Å². The molecule has 0 saturated carbocycles. The van der Waals surface area contributed by atoms with Crippen molar-refractivity contribution in [3.8, 4) is 0 Å². The molecule has 0 aliphatic rings. The van der Waals surface area contributed by atoms with Crippen LogP contribution in [0.1, 0.15) is 31.2 Å². The van der Waals surface area contributed by atoms with Crippen LogP contribution in [0.4, 0.5) is 13.2 Å². The number of aliphatic hydroxyl groups is 1. The number of alkyl halides is 4. The Kier molecular flexibility index (Phi) is 5.47. The fourth-order valence-electron chi connectivity index (χ4n) is 1.90. The maximum Gasteiger partial charge on any atom is 0.389 e. The van der Waals surface area contributed by atoms with Gasteiger partial charge in [-0.1, -0.05) is 30.3 Å². The lowest BCUT2D eigenvalue weighted by Crippen LogP contribution is -2.27. The highest BCUT2D eigenvalue weighted by Gasteiger charge is 2.32. The third-order valence-corrected chi connectivity index (χ3v) is 3.06. The van der Waals surface area contributed by atoms with E-state index in [2.05, 4.69) is 0 Å². The number of rotatable bonds is 6. The van der Waals surface area contributed by atoms with E-state index in [1.54, 1.807) is 30.3 Å². The molecular formula is C13H16ClF3O. The van der Waals surface area contributed by atoms with Gasteiger partial charge in [0.05, 0.1) is 5.60 Å². The highest BCUT2D eigenvalue weighted by molar-refractivity contribution is 6.17. The molecule has 0 radical (unpaired) electrons. The minimum absolute atomic E-state index is 0.0588. The fourth-order valence-corrected chi connectivity index (χ4v) is 2.21. The third kappa shape index (κ3) is 4.86. The predicted octanol–water partition coefficient (Wildman–Crippen LogP) is 4.24. The van der Waals surface area contributed by atoms with Gasteiger partial charge in [-0.15, -0.1) is 11.6 Å². The van der Waals surface area contributed by atoms with Crippen LogP contribution < -0.4 is 0 Å². The van der Waals surface area contributed by atoms with Gasteiger partial charge in [0.15, 0.2) is 0 Å². The van der Waals surface area contributed by atoms with Crippen LogP contribution in [0.25, 0.3) is 0 Å². The van der Waals surface area contributed by atoms with E-state index >= 15 is 0 Å². The van der Waals surface area contributed by atoms with Crippen molar-refractivity contribution >= 4 is 11.6 Å². The molecule has 0 saturated heterocycles. The standard InChI is InChI=1S/C13H16ClF3O/c14-10-9-12(18,7-4-8-13(15,16)17)11-5-2-1-3-6-11/h1-3,5-6,18H,4,7-10H2. The number of halogens is 4. The van der Waals surface area contributed by atoms with Crippen LogP contribution in [-0.2, 0) is 5.60 Å². The van der Waals surface area contributed by atoms with Crippen molar-refractivity contribution in [2.45, 2.75) is 37.5 Å². The van der Waals surface area contributed by atoms with E-state index in [-0.39, 0.29) is 25.1 Å². The second-order valence-corrected chi connectivity index (χ2v) is 4.68. The lowest BCUT2D eigenvalue weighted by atomic mass is 9.86. The zero-order valence-corrected chi connectivity index (χ0v) is 10.6. The summed E-state index contributed by atoms with van der Waals surface area (Å²) in [5.41, 5.74) is -0.651. The Morgan fingerprint density at radius 3 is 2.11 bits per heavy atom. The average molecular weight is 281 g/mol. The summed E-state index contributed by atoms with van der Waals surface area (Å²) >= 11 is 5.62. The van der Waals surface area contributed by atoms with Gasteiger partial charge in [0.1, 0.15) is 0 Å². The minimum atomic E-state index is -4.18. The molecule has 0 fully saturated rings. The normalized spacial score (nSPS) is 15.4. The molecule has 0 amide bonds. The van der Waals surface area contributed by atoms with Crippen LogP contribution in [0, 0.1) is 0 Å². The van der Waals surface area contributed by atoms with Gasteiger partial charge in [-0.2, -0.15) is 13.2 Å². The van der Waals surface area contributed by atoms with E-state index in [9.17, 15) is 18.3 Å². The van der Waals surface area contributed by atoms with Crippen molar-refractivity contribution in [2.24, 2.45) is 0 Å². The molecule has 0 aromatic heterocycles. The second kappa shape index (κ2) is 6.43. The first-order valence-corrected chi connectivity index (χ1v) is 6.31. The molecular weight excluding hydrogens is 265 g/mol. The molecule has 0 heterocycles. The van der Waals surface area contributed by atoms with E-state index in [4.69, 9.17) is 11.6 Å². The van der Waals surface area contributed by atoms with E-state index in [1.807, 2.05) is 0 Å². The van der Waals surface area contributed by atoms with Crippen LogP contribution >= 0.6 is 11.6 Å². The van der Waals surface area contributed by atoms with Crippen molar-refractivity contribution in [3.05, 3.63) is 35.9 Å². The summed E-state index contributed by atoms with van der Waals surface area (Å²) in [7, 11) is 0. The third-order valence-electron chi connectivity index (χ3n) is 2.87. The Balaban J connectivity index is 2.69. The molecule has 18 heavy (non-hydrogen) atoms. The summed E-state index contributed by atoms with van der Waals surface area (Å²) in [5, 5.41) is 10.4. The smallest absolute Gasteiger partial charge is 0.385 e. The molecule has 102 valence electrons. The van der Waals surface area contributed by atoms with Crippen LogP contribution in [0.5, 0.6) is 0 Å². The van der Waals surface area contributed by atoms with Crippen molar-refractivity contribution in [1.82, 2.24) is 0 Å². The summed E-state index contributed by atoms with van der Waals surface area (Å²) in [6.45, 7) is 0. The van der Waals surface area contributed by atoms with Gasteiger partial charge >= 0.3 is 6.18 Å². The van der Waals surface area contributed by atoms with Crippen LogP contribution in [0.2, 0.25) is 0 Å². The largest absolute Gasteiger partial charge is 0.389 e. The zero-order valence-electron chi connectivity index (χ0n) is 9.88. The number of hydrogen-bond acceptors (Lipinski definition) is 1. The lowest BCUT2D eigenvalue weighted by Gasteiger charge is -2.28. The molecule has 1 N–H and O–H groups in total. The summed E-state index contributed by atoms with van der Waals surface area (Å²) < 4.78 is 36.3. The van der Waals surface area contributed by atoms with Gasteiger partial charge in [-0.05, 0) is 24.8 Å². The SMILES string of the molecule is OC(CCCl)(CCCC(F)(F)F)c1ccccc1. The zero-order chi connectivity index (χ0) is 13.6. The maximum absolute atomic E-state index is 12.1. The Labute approximate surface area is 110 Å². The molecule has 5 heteroatoms. The maximum atomic E-state index is 12.1. The summed E-state index contributed by atoms with van der Waals surface area (Å²) in [5.74, 6) is 0.206. The first kappa shape index (κ1) is 15.3. The van der Waals surface area contributed by atoms with E-state index in [1.165, 1.54) is 0 Å². The van der Waals surface area contributed by atoms with Gasteiger partial charge in [0.2, 0.25) is 0 Å². The molecule has 0 spiro atoms. The Bertz CT molecular complexity index is 353. The summed E-state index contributed by atoms with van der Waals surface area (Å²) in [6, 6.07) is 8.71. The van der Waals surface area contributed by atoms with Gasteiger partial charge in [0, 0.05) is 12.3 Å². The van der Waals surface area contributed by atoms with Gasteiger partial charge in [-0.3, -0.25) is 0 Å². The molecule has 1 atom stereocenters. The Morgan fingerprint density at radius 1 is 1.00 bits per heavy atom.